The molecular weight excluding hydrogens is 359 g/mol. The molecule has 1 atom stereocenters. The molecule has 0 saturated heterocycles. The smallest absolute Gasteiger partial charge is 0.0820 e. The van der Waals surface area contributed by atoms with Crippen LogP contribution in [0.4, 0.5) is 0 Å². The lowest BCUT2D eigenvalue weighted by Crippen LogP contribution is -2.36. The summed E-state index contributed by atoms with van der Waals surface area (Å²) in [7, 11) is 5.72. The standard InChI is InChI=1S/C12H17IN4S/c1-16(2)11(7-14)6-9-3-4-12-10(5-9)8-15-17(12)18-13/h3-5,8,11H,6-7,14H2,1-2H3. The van der Waals surface area contributed by atoms with Gasteiger partial charge in [0.15, 0.2) is 0 Å². The summed E-state index contributed by atoms with van der Waals surface area (Å²) in [5, 5.41) is 5.51. The maximum Gasteiger partial charge on any atom is 0.0820 e. The van der Waals surface area contributed by atoms with Crippen LogP contribution in [0, 0.1) is 0 Å². The van der Waals surface area contributed by atoms with Crippen LogP contribution in [0.2, 0.25) is 0 Å². The highest BCUT2D eigenvalue weighted by atomic mass is 127. The van der Waals surface area contributed by atoms with Gasteiger partial charge in [0.1, 0.15) is 0 Å². The predicted molar refractivity (Wildman–Crippen MR) is 87.0 cm³/mol. The molecule has 0 spiro atoms. The van der Waals surface area contributed by atoms with Gasteiger partial charge in [-0.1, -0.05) is 6.07 Å². The molecule has 4 nitrogen and oxygen atoms in total. The first-order valence-corrected chi connectivity index (χ1v) is 9.09. The summed E-state index contributed by atoms with van der Waals surface area (Å²) in [6, 6.07) is 6.89. The second kappa shape index (κ2) is 6.23. The van der Waals surface area contributed by atoms with Crippen LogP contribution >= 0.6 is 30.3 Å². The molecule has 1 unspecified atom stereocenters. The van der Waals surface area contributed by atoms with Gasteiger partial charge in [-0.3, -0.25) is 0 Å². The van der Waals surface area contributed by atoms with Gasteiger partial charge in [-0.2, -0.15) is 9.19 Å². The average molecular weight is 376 g/mol. The van der Waals surface area contributed by atoms with Crippen molar-refractivity contribution in [1.29, 1.82) is 0 Å². The van der Waals surface area contributed by atoms with Crippen molar-refractivity contribution in [3.63, 3.8) is 0 Å². The number of hydrogen-bond donors (Lipinski definition) is 1. The van der Waals surface area contributed by atoms with E-state index in [9.17, 15) is 0 Å². The lowest BCUT2D eigenvalue weighted by molar-refractivity contribution is 0.298. The topological polar surface area (TPSA) is 47.1 Å². The summed E-state index contributed by atoms with van der Waals surface area (Å²) >= 11 is 2.24. The van der Waals surface area contributed by atoms with Gasteiger partial charge in [-0.05, 0) is 38.2 Å². The van der Waals surface area contributed by atoms with Crippen molar-refractivity contribution >= 4 is 41.2 Å². The molecule has 1 aromatic carbocycles. The van der Waals surface area contributed by atoms with Crippen molar-refractivity contribution in [2.24, 2.45) is 5.73 Å². The molecule has 18 heavy (non-hydrogen) atoms. The first-order valence-electron chi connectivity index (χ1n) is 5.78. The number of benzene rings is 1. The normalized spacial score (nSPS) is 13.4. The maximum atomic E-state index is 5.80. The molecule has 0 aliphatic carbocycles. The van der Waals surface area contributed by atoms with E-state index in [0.717, 1.165) is 11.9 Å². The van der Waals surface area contributed by atoms with E-state index in [1.165, 1.54) is 10.9 Å². The third kappa shape index (κ3) is 2.98. The van der Waals surface area contributed by atoms with Crippen LogP contribution in [0.5, 0.6) is 0 Å². The fraction of sp³-hybridized carbons (Fsp3) is 0.417. The zero-order valence-corrected chi connectivity index (χ0v) is 13.5. The highest BCUT2D eigenvalue weighted by molar-refractivity contribution is 14.2. The van der Waals surface area contributed by atoms with Gasteiger partial charge < -0.3 is 10.6 Å². The quantitative estimate of drug-likeness (QED) is 0.814. The van der Waals surface area contributed by atoms with Gasteiger partial charge in [0.25, 0.3) is 0 Å². The van der Waals surface area contributed by atoms with E-state index in [-0.39, 0.29) is 0 Å². The minimum Gasteiger partial charge on any atom is -0.329 e. The Hall–Kier alpha value is -0.310. The van der Waals surface area contributed by atoms with Crippen molar-refractivity contribution in [2.75, 3.05) is 20.6 Å². The van der Waals surface area contributed by atoms with E-state index in [1.807, 2.05) is 10.3 Å². The summed E-state index contributed by atoms with van der Waals surface area (Å²) in [5.41, 5.74) is 8.27. The van der Waals surface area contributed by atoms with E-state index < -0.39 is 0 Å². The van der Waals surface area contributed by atoms with Crippen LogP contribution in [-0.2, 0) is 6.42 Å². The lowest BCUT2D eigenvalue weighted by atomic mass is 10.0. The monoisotopic (exact) mass is 376 g/mol. The Morgan fingerprint density at radius 3 is 2.89 bits per heavy atom. The fourth-order valence-electron chi connectivity index (χ4n) is 1.99. The van der Waals surface area contributed by atoms with Crippen LogP contribution in [0.15, 0.2) is 24.4 Å². The Bertz CT molecular complexity index is 526. The third-order valence-corrected chi connectivity index (χ3v) is 4.68. The second-order valence-corrected chi connectivity index (χ2v) is 6.20. The molecule has 2 aromatic rings. The average Bonchev–Trinajstić information content (AvgIpc) is 2.77. The first kappa shape index (κ1) is 14.1. The first-order chi connectivity index (χ1) is 8.65. The number of halogens is 1. The second-order valence-electron chi connectivity index (χ2n) is 4.54. The molecule has 0 radical (unpaired) electrons. The number of likely N-dealkylation sites (N-methyl/N-ethyl adjacent to an activating group) is 1. The molecule has 0 bridgehead atoms. The number of aromatic nitrogens is 2. The van der Waals surface area contributed by atoms with Gasteiger partial charge in [0.05, 0.1) is 11.7 Å². The number of fused-ring (bicyclic) bond motifs is 1. The van der Waals surface area contributed by atoms with Gasteiger partial charge in [-0.25, -0.2) is 0 Å². The van der Waals surface area contributed by atoms with Crippen LogP contribution in [0.25, 0.3) is 10.9 Å². The summed E-state index contributed by atoms with van der Waals surface area (Å²) in [5.74, 6) is 0. The highest BCUT2D eigenvalue weighted by Crippen LogP contribution is 2.23. The van der Waals surface area contributed by atoms with Crippen LogP contribution in [0.1, 0.15) is 5.56 Å². The van der Waals surface area contributed by atoms with Crippen LogP contribution in [-0.4, -0.2) is 40.8 Å². The minimum absolute atomic E-state index is 0.386. The largest absolute Gasteiger partial charge is 0.329 e. The molecule has 0 saturated carbocycles. The van der Waals surface area contributed by atoms with Crippen LogP contribution < -0.4 is 5.73 Å². The summed E-state index contributed by atoms with van der Waals surface area (Å²) in [6.45, 7) is 0.675. The summed E-state index contributed by atoms with van der Waals surface area (Å²) in [4.78, 5) is 2.17. The molecule has 98 valence electrons. The van der Waals surface area contributed by atoms with E-state index in [2.05, 4.69) is 63.5 Å². The zero-order valence-electron chi connectivity index (χ0n) is 10.5. The van der Waals surface area contributed by atoms with Crippen molar-refractivity contribution < 1.29 is 0 Å². The molecule has 2 rings (SSSR count). The highest BCUT2D eigenvalue weighted by Gasteiger charge is 2.11. The Morgan fingerprint density at radius 2 is 2.28 bits per heavy atom. The molecule has 2 N–H and O–H groups in total. The van der Waals surface area contributed by atoms with E-state index in [1.54, 1.807) is 9.12 Å². The Balaban J connectivity index is 2.25. The third-order valence-electron chi connectivity index (χ3n) is 3.14. The molecule has 6 heteroatoms. The molecule has 1 aromatic heterocycles. The van der Waals surface area contributed by atoms with Crippen LogP contribution in [0.3, 0.4) is 0 Å². The predicted octanol–water partition coefficient (Wildman–Crippen LogP) is 2.31. The van der Waals surface area contributed by atoms with E-state index in [4.69, 9.17) is 5.73 Å². The van der Waals surface area contributed by atoms with Gasteiger partial charge in [0, 0.05) is 48.3 Å². The van der Waals surface area contributed by atoms with Crippen molar-refractivity contribution in [3.8, 4) is 0 Å². The lowest BCUT2D eigenvalue weighted by Gasteiger charge is -2.22. The molecule has 0 aliphatic rings. The number of hydrogen-bond acceptors (Lipinski definition) is 4. The van der Waals surface area contributed by atoms with E-state index >= 15 is 0 Å². The molecule has 0 amide bonds. The molecule has 1 heterocycles. The molecule has 0 fully saturated rings. The summed E-state index contributed by atoms with van der Waals surface area (Å²) < 4.78 is 1.92. The minimum atomic E-state index is 0.386. The fourth-order valence-corrected chi connectivity index (χ4v) is 3.25. The SMILES string of the molecule is CN(C)C(CN)Cc1ccc2c(cnn2SI)c1. The number of nitrogens with zero attached hydrogens (tertiary/aromatic N) is 3. The molecular formula is C12H17IN4S. The summed E-state index contributed by atoms with van der Waals surface area (Å²) in [6.07, 6.45) is 2.89. The van der Waals surface area contributed by atoms with Crippen molar-refractivity contribution in [2.45, 2.75) is 12.5 Å². The Kier molecular flexibility index (Phi) is 4.88. The van der Waals surface area contributed by atoms with Gasteiger partial charge >= 0.3 is 0 Å². The van der Waals surface area contributed by atoms with Gasteiger partial charge in [0.2, 0.25) is 0 Å². The maximum absolute atomic E-state index is 5.80. The van der Waals surface area contributed by atoms with Crippen molar-refractivity contribution in [3.05, 3.63) is 30.0 Å². The van der Waals surface area contributed by atoms with E-state index in [0.29, 0.717) is 12.6 Å². The number of nitrogens with two attached hydrogens (primary N) is 1. The Labute approximate surface area is 124 Å². The molecule has 0 aliphatic heterocycles. The zero-order chi connectivity index (χ0) is 13.1. The van der Waals surface area contributed by atoms with Gasteiger partial charge in [-0.15, -0.1) is 0 Å². The Morgan fingerprint density at radius 1 is 1.50 bits per heavy atom. The van der Waals surface area contributed by atoms with Crippen molar-refractivity contribution in [1.82, 2.24) is 14.1 Å². The number of rotatable bonds is 5.